The highest BCUT2D eigenvalue weighted by molar-refractivity contribution is 7.98. The van der Waals surface area contributed by atoms with E-state index >= 15 is 0 Å². The maximum atomic E-state index is 11.7. The summed E-state index contributed by atoms with van der Waals surface area (Å²) < 4.78 is 18.5. The number of anilines is 1. The predicted octanol–water partition coefficient (Wildman–Crippen LogP) is 1.19. The molecule has 0 radical (unpaired) electrons. The summed E-state index contributed by atoms with van der Waals surface area (Å²) in [6, 6.07) is 0. The fourth-order valence-electron chi connectivity index (χ4n) is 2.97. The number of halogens is 1. The smallest absolute Gasteiger partial charge is 0.303 e. The Morgan fingerprint density at radius 3 is 2.59 bits per heavy atom. The van der Waals surface area contributed by atoms with Crippen LogP contribution in [0, 0.1) is 0 Å². The number of hydrogen-bond acceptors (Lipinski definition) is 10. The molecule has 27 heavy (non-hydrogen) atoms. The molecule has 0 saturated carbocycles. The van der Waals surface area contributed by atoms with E-state index in [9.17, 15) is 9.59 Å². The van der Waals surface area contributed by atoms with Crippen LogP contribution in [0.4, 0.5) is 5.95 Å². The van der Waals surface area contributed by atoms with Crippen molar-refractivity contribution >= 4 is 52.4 Å². The van der Waals surface area contributed by atoms with Gasteiger partial charge in [-0.3, -0.25) is 14.2 Å². The van der Waals surface area contributed by atoms with Crippen molar-refractivity contribution < 1.29 is 23.8 Å². The number of ether oxygens (including phenoxy) is 3. The zero-order valence-corrected chi connectivity index (χ0v) is 16.4. The van der Waals surface area contributed by atoms with Crippen molar-refractivity contribution in [1.29, 1.82) is 0 Å². The lowest BCUT2D eigenvalue weighted by Gasteiger charge is -2.23. The molecule has 146 valence electrons. The molecule has 2 aromatic heterocycles. The fourth-order valence-corrected chi connectivity index (χ4v) is 3.78. The van der Waals surface area contributed by atoms with Crippen molar-refractivity contribution in [2.45, 2.75) is 38.4 Å². The third-order valence-corrected chi connectivity index (χ3v) is 4.82. The quantitative estimate of drug-likeness (QED) is 0.560. The molecule has 4 atom stereocenters. The molecule has 1 saturated heterocycles. The van der Waals surface area contributed by atoms with E-state index in [0.717, 1.165) is 0 Å². The Morgan fingerprint density at radius 2 is 1.96 bits per heavy atom. The summed E-state index contributed by atoms with van der Waals surface area (Å²) >= 11 is 7.58. The standard InChI is InChI=1S/C15H18ClN5O5S/c1-6(22)24-10-8(4-27-3)26-14(11(10)25-7(2)23)21-5-18-9-12(16)19-15(17)20-13(9)21/h5,8,10-11,14H,4H2,1-3H3,(H2,17,19,20)/t8-,10-,11-,14-/m1/s1. The minimum absolute atomic E-state index is 0.0338. The van der Waals surface area contributed by atoms with E-state index in [1.54, 1.807) is 4.57 Å². The summed E-state index contributed by atoms with van der Waals surface area (Å²) in [4.78, 5) is 35.5. The van der Waals surface area contributed by atoms with Gasteiger partial charge in [-0.15, -0.1) is 0 Å². The van der Waals surface area contributed by atoms with Gasteiger partial charge in [-0.05, 0) is 6.26 Å². The molecular weight excluding hydrogens is 398 g/mol. The molecule has 0 spiro atoms. The van der Waals surface area contributed by atoms with Crippen molar-refractivity contribution in [3.8, 4) is 0 Å². The Hall–Kier alpha value is -2.11. The lowest BCUT2D eigenvalue weighted by atomic mass is 10.1. The van der Waals surface area contributed by atoms with Gasteiger partial charge in [-0.2, -0.15) is 21.7 Å². The lowest BCUT2D eigenvalue weighted by Crippen LogP contribution is -2.39. The second-order valence-corrected chi connectivity index (χ2v) is 7.13. The normalized spacial score (nSPS) is 24.9. The first-order valence-electron chi connectivity index (χ1n) is 7.96. The Kier molecular flexibility index (Phi) is 5.72. The van der Waals surface area contributed by atoms with Gasteiger partial charge in [0.05, 0.1) is 6.33 Å². The first-order valence-corrected chi connectivity index (χ1v) is 9.73. The topological polar surface area (TPSA) is 131 Å². The number of carbonyl (C=O) groups excluding carboxylic acids is 2. The monoisotopic (exact) mass is 415 g/mol. The Labute approximate surface area is 163 Å². The predicted molar refractivity (Wildman–Crippen MR) is 98.1 cm³/mol. The molecule has 3 rings (SSSR count). The number of imidazole rings is 1. The molecule has 0 aliphatic carbocycles. The van der Waals surface area contributed by atoms with Crippen molar-refractivity contribution in [2.75, 3.05) is 17.7 Å². The molecule has 1 aliphatic rings. The Bertz CT molecular complexity index is 878. The zero-order valence-electron chi connectivity index (χ0n) is 14.8. The van der Waals surface area contributed by atoms with Crippen LogP contribution in [-0.4, -0.2) is 61.8 Å². The van der Waals surface area contributed by atoms with Crippen LogP contribution in [-0.2, 0) is 23.8 Å². The van der Waals surface area contributed by atoms with E-state index in [1.807, 2.05) is 6.26 Å². The maximum Gasteiger partial charge on any atom is 0.303 e. The molecule has 12 heteroatoms. The SMILES string of the molecule is CSC[C@H]1O[C@@H](n2cnc3c(Cl)nc(N)nc32)[C@H](OC(C)=O)[C@@H]1OC(C)=O. The minimum Gasteiger partial charge on any atom is -0.456 e. The van der Waals surface area contributed by atoms with E-state index in [2.05, 4.69) is 15.0 Å². The summed E-state index contributed by atoms with van der Waals surface area (Å²) in [6.07, 6.45) is 0.337. The van der Waals surface area contributed by atoms with E-state index in [4.69, 9.17) is 31.5 Å². The molecule has 1 aliphatic heterocycles. The van der Waals surface area contributed by atoms with Crippen LogP contribution in [0.15, 0.2) is 6.33 Å². The van der Waals surface area contributed by atoms with Gasteiger partial charge in [0.15, 0.2) is 29.2 Å². The van der Waals surface area contributed by atoms with Gasteiger partial charge in [0, 0.05) is 19.6 Å². The van der Waals surface area contributed by atoms with Gasteiger partial charge < -0.3 is 19.9 Å². The second kappa shape index (κ2) is 7.87. The highest BCUT2D eigenvalue weighted by atomic mass is 35.5. The van der Waals surface area contributed by atoms with E-state index in [1.165, 1.54) is 31.9 Å². The molecule has 0 amide bonds. The third kappa shape index (κ3) is 3.94. The average Bonchev–Trinajstić information content (AvgIpc) is 3.10. The third-order valence-electron chi connectivity index (χ3n) is 3.89. The number of thioether (sulfide) groups is 1. The van der Waals surface area contributed by atoms with Crippen LogP contribution in [0.1, 0.15) is 20.1 Å². The number of nitrogens with zero attached hydrogens (tertiary/aromatic N) is 4. The highest BCUT2D eigenvalue weighted by Crippen LogP contribution is 2.37. The van der Waals surface area contributed by atoms with E-state index in [-0.39, 0.29) is 11.1 Å². The largest absolute Gasteiger partial charge is 0.456 e. The van der Waals surface area contributed by atoms with Crippen molar-refractivity contribution in [1.82, 2.24) is 19.5 Å². The molecule has 0 unspecified atom stereocenters. The first kappa shape index (κ1) is 19.6. The van der Waals surface area contributed by atoms with Crippen molar-refractivity contribution in [3.05, 3.63) is 11.5 Å². The number of esters is 2. The van der Waals surface area contributed by atoms with Crippen LogP contribution in [0.5, 0.6) is 0 Å². The van der Waals surface area contributed by atoms with Gasteiger partial charge in [-0.25, -0.2) is 4.98 Å². The van der Waals surface area contributed by atoms with Crippen LogP contribution in [0.25, 0.3) is 11.2 Å². The average molecular weight is 416 g/mol. The molecule has 2 aromatic rings. The van der Waals surface area contributed by atoms with Gasteiger partial charge in [0.1, 0.15) is 11.6 Å². The Morgan fingerprint density at radius 1 is 1.30 bits per heavy atom. The molecule has 10 nitrogen and oxygen atoms in total. The second-order valence-electron chi connectivity index (χ2n) is 5.87. The summed E-state index contributed by atoms with van der Waals surface area (Å²) in [7, 11) is 0. The molecule has 1 fully saturated rings. The highest BCUT2D eigenvalue weighted by Gasteiger charge is 2.50. The number of fused-ring (bicyclic) bond motifs is 1. The molecule has 2 N–H and O–H groups in total. The van der Waals surface area contributed by atoms with Crippen LogP contribution in [0.2, 0.25) is 5.15 Å². The number of nitrogen functional groups attached to an aromatic ring is 1. The van der Waals surface area contributed by atoms with Crippen LogP contribution < -0.4 is 5.73 Å². The molecular formula is C15H18ClN5O5S. The lowest BCUT2D eigenvalue weighted by molar-refractivity contribution is -0.165. The van der Waals surface area contributed by atoms with Gasteiger partial charge in [0.2, 0.25) is 5.95 Å². The number of carbonyl (C=O) groups is 2. The number of hydrogen-bond donors (Lipinski definition) is 1. The first-order chi connectivity index (χ1) is 12.8. The molecule has 3 heterocycles. The maximum absolute atomic E-state index is 11.7. The van der Waals surface area contributed by atoms with Gasteiger partial charge in [0.25, 0.3) is 0 Å². The zero-order chi connectivity index (χ0) is 19.7. The Balaban J connectivity index is 2.06. The van der Waals surface area contributed by atoms with Crippen molar-refractivity contribution in [3.63, 3.8) is 0 Å². The molecule has 0 aromatic carbocycles. The molecule has 0 bridgehead atoms. The van der Waals surface area contributed by atoms with Crippen molar-refractivity contribution in [2.24, 2.45) is 0 Å². The van der Waals surface area contributed by atoms with Crippen LogP contribution in [0.3, 0.4) is 0 Å². The van der Waals surface area contributed by atoms with E-state index < -0.39 is 36.5 Å². The fraction of sp³-hybridized carbons (Fsp3) is 0.533. The number of aromatic nitrogens is 4. The van der Waals surface area contributed by atoms with Gasteiger partial charge in [-0.1, -0.05) is 11.6 Å². The minimum atomic E-state index is -0.893. The van der Waals surface area contributed by atoms with Crippen LogP contribution >= 0.6 is 23.4 Å². The number of rotatable bonds is 5. The summed E-state index contributed by atoms with van der Waals surface area (Å²) in [6.45, 7) is 2.56. The summed E-state index contributed by atoms with van der Waals surface area (Å²) in [5.74, 6) is -0.547. The summed E-state index contributed by atoms with van der Waals surface area (Å²) in [5, 5.41) is 0.0930. The summed E-state index contributed by atoms with van der Waals surface area (Å²) in [5.41, 5.74) is 6.34. The van der Waals surface area contributed by atoms with E-state index in [0.29, 0.717) is 16.9 Å². The van der Waals surface area contributed by atoms with Gasteiger partial charge >= 0.3 is 11.9 Å². The number of nitrogens with two attached hydrogens (primary N) is 1.